The number of halogens is 3. The van der Waals surface area contributed by atoms with Gasteiger partial charge in [0.15, 0.2) is 5.69 Å². The molecule has 0 saturated heterocycles. The number of oxazole rings is 1. The number of aromatic nitrogens is 1. The van der Waals surface area contributed by atoms with Gasteiger partial charge >= 0.3 is 5.97 Å². The number of hydrogen-bond donors (Lipinski definition) is 0. The predicted octanol–water partition coefficient (Wildman–Crippen LogP) is 4.42. The Labute approximate surface area is 124 Å². The summed E-state index contributed by atoms with van der Waals surface area (Å²) in [5.74, 6) is -1.72. The summed E-state index contributed by atoms with van der Waals surface area (Å²) in [5.41, 5.74) is 0.481. The third-order valence-electron chi connectivity index (χ3n) is 2.68. The molecule has 0 amide bonds. The zero-order valence-corrected chi connectivity index (χ0v) is 12.1. The highest BCUT2D eigenvalue weighted by atomic mass is 35.5. The van der Waals surface area contributed by atoms with Crippen molar-refractivity contribution in [3.63, 3.8) is 0 Å². The second-order valence-corrected chi connectivity index (χ2v) is 4.65. The summed E-state index contributed by atoms with van der Waals surface area (Å²) >= 11 is 6.04. The summed E-state index contributed by atoms with van der Waals surface area (Å²) in [4.78, 5) is 15.3. The molecule has 1 aromatic carbocycles. The number of benzene rings is 1. The maximum atomic E-state index is 13.0. The van der Waals surface area contributed by atoms with Crippen LogP contribution in [0.3, 0.4) is 0 Å². The van der Waals surface area contributed by atoms with Crippen LogP contribution < -0.4 is 0 Å². The SMILES string of the molecule is CCOC(=O)c1oc(-c2ccc(C)cc2Cl)nc1C(F)F. The molecule has 0 N–H and O–H groups in total. The van der Waals surface area contributed by atoms with E-state index in [1.165, 1.54) is 0 Å². The largest absolute Gasteiger partial charge is 0.460 e. The Morgan fingerprint density at radius 2 is 2.19 bits per heavy atom. The number of aryl methyl sites for hydroxylation is 1. The van der Waals surface area contributed by atoms with Gasteiger partial charge in [0.2, 0.25) is 11.7 Å². The van der Waals surface area contributed by atoms with Crippen LogP contribution in [-0.2, 0) is 4.74 Å². The first-order chi connectivity index (χ1) is 9.93. The molecule has 7 heteroatoms. The van der Waals surface area contributed by atoms with Gasteiger partial charge in [-0.2, -0.15) is 0 Å². The van der Waals surface area contributed by atoms with E-state index in [-0.39, 0.29) is 12.5 Å². The molecule has 0 aliphatic rings. The van der Waals surface area contributed by atoms with E-state index < -0.39 is 23.8 Å². The van der Waals surface area contributed by atoms with Crippen LogP contribution in [0, 0.1) is 6.92 Å². The highest BCUT2D eigenvalue weighted by molar-refractivity contribution is 6.33. The molecule has 2 aromatic rings. The predicted molar refractivity (Wildman–Crippen MR) is 72.6 cm³/mol. The number of ether oxygens (including phenoxy) is 1. The zero-order chi connectivity index (χ0) is 15.6. The van der Waals surface area contributed by atoms with Crippen molar-refractivity contribution in [2.24, 2.45) is 0 Å². The van der Waals surface area contributed by atoms with Crippen molar-refractivity contribution in [1.29, 1.82) is 0 Å². The minimum absolute atomic E-state index is 0.0445. The summed E-state index contributed by atoms with van der Waals surface area (Å²) in [6, 6.07) is 4.97. The van der Waals surface area contributed by atoms with Gasteiger partial charge in [-0.3, -0.25) is 0 Å². The summed E-state index contributed by atoms with van der Waals surface area (Å²) in [6.45, 7) is 3.44. The minimum atomic E-state index is -2.95. The number of esters is 1. The van der Waals surface area contributed by atoms with Gasteiger partial charge < -0.3 is 9.15 Å². The van der Waals surface area contributed by atoms with Crippen LogP contribution in [0.15, 0.2) is 22.6 Å². The van der Waals surface area contributed by atoms with Crippen molar-refractivity contribution in [2.45, 2.75) is 20.3 Å². The van der Waals surface area contributed by atoms with Crippen molar-refractivity contribution >= 4 is 17.6 Å². The van der Waals surface area contributed by atoms with Crippen LogP contribution >= 0.6 is 11.6 Å². The molecule has 0 unspecified atom stereocenters. The van der Waals surface area contributed by atoms with Crippen LogP contribution in [-0.4, -0.2) is 17.6 Å². The Hall–Kier alpha value is -1.95. The number of hydrogen-bond acceptors (Lipinski definition) is 4. The third-order valence-corrected chi connectivity index (χ3v) is 2.99. The van der Waals surface area contributed by atoms with E-state index in [4.69, 9.17) is 16.0 Å². The lowest BCUT2D eigenvalue weighted by Crippen LogP contribution is -2.06. The summed E-state index contributed by atoms with van der Waals surface area (Å²) in [6.07, 6.45) is -2.95. The van der Waals surface area contributed by atoms with Crippen LogP contribution in [0.4, 0.5) is 8.78 Å². The van der Waals surface area contributed by atoms with Crippen molar-refractivity contribution in [3.05, 3.63) is 40.2 Å². The maximum absolute atomic E-state index is 13.0. The monoisotopic (exact) mass is 315 g/mol. The topological polar surface area (TPSA) is 52.3 Å². The van der Waals surface area contributed by atoms with Crippen molar-refractivity contribution in [2.75, 3.05) is 6.61 Å². The van der Waals surface area contributed by atoms with Gasteiger partial charge in [-0.1, -0.05) is 17.7 Å². The maximum Gasteiger partial charge on any atom is 0.376 e. The molecule has 0 aliphatic carbocycles. The van der Waals surface area contributed by atoms with Crippen LogP contribution in [0.25, 0.3) is 11.5 Å². The molecule has 2 rings (SSSR count). The summed E-state index contributed by atoms with van der Waals surface area (Å²) < 4.78 is 35.7. The smallest absolute Gasteiger partial charge is 0.376 e. The van der Waals surface area contributed by atoms with E-state index >= 15 is 0 Å². The van der Waals surface area contributed by atoms with Gasteiger partial charge in [-0.25, -0.2) is 18.6 Å². The van der Waals surface area contributed by atoms with E-state index in [0.717, 1.165) is 5.56 Å². The fraction of sp³-hybridized carbons (Fsp3) is 0.286. The molecule has 0 bridgehead atoms. The van der Waals surface area contributed by atoms with Crippen molar-refractivity contribution in [1.82, 2.24) is 4.98 Å². The average Bonchev–Trinajstić information content (AvgIpc) is 2.84. The van der Waals surface area contributed by atoms with E-state index in [1.807, 2.05) is 6.92 Å². The standard InChI is InChI=1S/C14H12ClF2NO3/c1-3-20-14(19)11-10(12(16)17)18-13(21-11)8-5-4-7(2)6-9(8)15/h4-6,12H,3H2,1-2H3. The lowest BCUT2D eigenvalue weighted by molar-refractivity contribution is 0.0476. The van der Waals surface area contributed by atoms with Crippen LogP contribution in [0.1, 0.15) is 35.2 Å². The molecule has 1 heterocycles. The van der Waals surface area contributed by atoms with E-state index in [2.05, 4.69) is 9.72 Å². The second-order valence-electron chi connectivity index (χ2n) is 4.24. The molecular formula is C14H12ClF2NO3. The molecular weight excluding hydrogens is 304 g/mol. The number of nitrogens with zero attached hydrogens (tertiary/aromatic N) is 1. The number of carbonyl (C=O) groups is 1. The number of carbonyl (C=O) groups excluding carboxylic acids is 1. The number of rotatable bonds is 4. The molecule has 21 heavy (non-hydrogen) atoms. The first-order valence-electron chi connectivity index (χ1n) is 6.16. The fourth-order valence-corrected chi connectivity index (χ4v) is 2.05. The summed E-state index contributed by atoms with van der Waals surface area (Å²) in [5, 5.41) is 0.299. The molecule has 0 saturated carbocycles. The fourth-order valence-electron chi connectivity index (χ4n) is 1.73. The van der Waals surface area contributed by atoms with Crippen LogP contribution in [0.2, 0.25) is 5.02 Å². The molecule has 0 radical (unpaired) electrons. The van der Waals surface area contributed by atoms with Crippen molar-refractivity contribution in [3.8, 4) is 11.5 Å². The lowest BCUT2D eigenvalue weighted by Gasteiger charge is -2.01. The molecule has 112 valence electrons. The Kier molecular flexibility index (Phi) is 4.57. The van der Waals surface area contributed by atoms with Gasteiger partial charge in [0.25, 0.3) is 6.43 Å². The summed E-state index contributed by atoms with van der Waals surface area (Å²) in [7, 11) is 0. The van der Waals surface area contributed by atoms with Gasteiger partial charge in [-0.05, 0) is 31.5 Å². The minimum Gasteiger partial charge on any atom is -0.460 e. The molecule has 4 nitrogen and oxygen atoms in total. The van der Waals surface area contributed by atoms with Gasteiger partial charge in [0, 0.05) is 0 Å². The molecule has 1 aromatic heterocycles. The highest BCUT2D eigenvalue weighted by Gasteiger charge is 2.28. The molecule has 0 atom stereocenters. The quantitative estimate of drug-likeness (QED) is 0.784. The Morgan fingerprint density at radius 3 is 2.76 bits per heavy atom. The van der Waals surface area contributed by atoms with E-state index in [9.17, 15) is 13.6 Å². The van der Waals surface area contributed by atoms with Gasteiger partial charge in [0.05, 0.1) is 17.2 Å². The van der Waals surface area contributed by atoms with Crippen LogP contribution in [0.5, 0.6) is 0 Å². The first-order valence-corrected chi connectivity index (χ1v) is 6.54. The molecule has 0 fully saturated rings. The lowest BCUT2D eigenvalue weighted by atomic mass is 10.1. The van der Waals surface area contributed by atoms with E-state index in [0.29, 0.717) is 10.6 Å². The van der Waals surface area contributed by atoms with E-state index in [1.54, 1.807) is 25.1 Å². The number of alkyl halides is 2. The highest BCUT2D eigenvalue weighted by Crippen LogP contribution is 2.32. The zero-order valence-electron chi connectivity index (χ0n) is 11.3. The Balaban J connectivity index is 2.51. The van der Waals surface area contributed by atoms with Gasteiger partial charge in [-0.15, -0.1) is 0 Å². The Morgan fingerprint density at radius 1 is 1.48 bits per heavy atom. The van der Waals surface area contributed by atoms with Crippen molar-refractivity contribution < 1.29 is 22.7 Å². The normalized spacial score (nSPS) is 11.0. The molecule has 0 aliphatic heterocycles. The third kappa shape index (κ3) is 3.21. The average molecular weight is 316 g/mol. The Bertz CT molecular complexity index is 670. The first kappa shape index (κ1) is 15.4. The molecule has 0 spiro atoms. The second kappa shape index (κ2) is 6.22. The van der Waals surface area contributed by atoms with Gasteiger partial charge in [0.1, 0.15) is 0 Å².